The lowest BCUT2D eigenvalue weighted by molar-refractivity contribution is -0.120. The van der Waals surface area contributed by atoms with Gasteiger partial charge < -0.3 is 5.32 Å². The second kappa shape index (κ2) is 8.31. The number of nitrogens with one attached hydrogen (secondary N) is 1. The van der Waals surface area contributed by atoms with Crippen LogP contribution in [-0.2, 0) is 30.6 Å². The molecule has 1 amide bonds. The lowest BCUT2D eigenvalue weighted by Crippen LogP contribution is -2.24. The summed E-state index contributed by atoms with van der Waals surface area (Å²) in [6, 6.07) is 9.69. The number of thiazole rings is 1. The van der Waals surface area contributed by atoms with E-state index in [4.69, 9.17) is 0 Å². The molecule has 0 aliphatic rings. The predicted molar refractivity (Wildman–Crippen MR) is 93.5 cm³/mol. The summed E-state index contributed by atoms with van der Waals surface area (Å²) in [5.74, 6) is -0.0200. The zero-order valence-electron chi connectivity index (χ0n) is 13.2. The van der Waals surface area contributed by atoms with Gasteiger partial charge in [-0.1, -0.05) is 6.07 Å². The van der Waals surface area contributed by atoms with Gasteiger partial charge in [0.05, 0.1) is 17.1 Å². The Balaban J connectivity index is 1.46. The van der Waals surface area contributed by atoms with Crippen molar-refractivity contribution in [1.82, 2.24) is 20.3 Å². The third-order valence-electron chi connectivity index (χ3n) is 3.50. The van der Waals surface area contributed by atoms with E-state index in [2.05, 4.69) is 20.3 Å². The Kier molecular flexibility index (Phi) is 5.63. The SMILES string of the molecule is O=C(Cc1csc(CCc2ccccn2)n1)NCc1ccncc1. The number of hydrogen-bond donors (Lipinski definition) is 1. The fourth-order valence-electron chi connectivity index (χ4n) is 2.25. The summed E-state index contributed by atoms with van der Waals surface area (Å²) in [7, 11) is 0. The first-order valence-corrected chi connectivity index (χ1v) is 8.66. The van der Waals surface area contributed by atoms with Crippen LogP contribution in [0.25, 0.3) is 0 Å². The summed E-state index contributed by atoms with van der Waals surface area (Å²) in [5, 5.41) is 5.90. The number of carbonyl (C=O) groups excluding carboxylic acids is 1. The molecule has 0 bridgehead atoms. The van der Waals surface area contributed by atoms with E-state index in [0.29, 0.717) is 13.0 Å². The van der Waals surface area contributed by atoms with Gasteiger partial charge >= 0.3 is 0 Å². The fourth-order valence-corrected chi connectivity index (χ4v) is 3.05. The van der Waals surface area contributed by atoms with Crippen LogP contribution in [0.1, 0.15) is 22.0 Å². The molecule has 6 heteroatoms. The maximum absolute atomic E-state index is 12.0. The number of amides is 1. The van der Waals surface area contributed by atoms with E-state index in [0.717, 1.165) is 34.8 Å². The molecule has 1 N–H and O–H groups in total. The maximum Gasteiger partial charge on any atom is 0.226 e. The Bertz CT molecular complexity index is 774. The predicted octanol–water partition coefficient (Wildman–Crippen LogP) is 2.58. The quantitative estimate of drug-likeness (QED) is 0.719. The molecule has 122 valence electrons. The number of aryl methyl sites for hydroxylation is 2. The molecule has 0 saturated carbocycles. The van der Waals surface area contributed by atoms with E-state index in [1.165, 1.54) is 0 Å². The summed E-state index contributed by atoms with van der Waals surface area (Å²) < 4.78 is 0. The van der Waals surface area contributed by atoms with E-state index >= 15 is 0 Å². The molecule has 0 spiro atoms. The van der Waals surface area contributed by atoms with Crippen LogP contribution in [0.4, 0.5) is 0 Å². The number of carbonyl (C=O) groups is 1. The molecule has 0 unspecified atom stereocenters. The Hall–Kier alpha value is -2.60. The molecule has 0 aromatic carbocycles. The number of aromatic nitrogens is 3. The molecule has 24 heavy (non-hydrogen) atoms. The van der Waals surface area contributed by atoms with Crippen molar-refractivity contribution >= 4 is 17.2 Å². The highest BCUT2D eigenvalue weighted by Gasteiger charge is 2.08. The largest absolute Gasteiger partial charge is 0.352 e. The van der Waals surface area contributed by atoms with Crippen LogP contribution >= 0.6 is 11.3 Å². The molecule has 3 rings (SSSR count). The summed E-state index contributed by atoms with van der Waals surface area (Å²) >= 11 is 1.60. The van der Waals surface area contributed by atoms with Gasteiger partial charge in [-0.05, 0) is 36.2 Å². The van der Waals surface area contributed by atoms with Crippen LogP contribution < -0.4 is 5.32 Å². The van der Waals surface area contributed by atoms with Crippen molar-refractivity contribution in [1.29, 1.82) is 0 Å². The molecule has 0 radical (unpaired) electrons. The molecule has 0 aliphatic heterocycles. The van der Waals surface area contributed by atoms with Crippen molar-refractivity contribution in [3.8, 4) is 0 Å². The Morgan fingerprint density at radius 2 is 1.92 bits per heavy atom. The molecule has 0 saturated heterocycles. The highest BCUT2D eigenvalue weighted by atomic mass is 32.1. The average molecular weight is 338 g/mol. The van der Waals surface area contributed by atoms with Gasteiger partial charge in [0.2, 0.25) is 5.91 Å². The number of nitrogens with zero attached hydrogens (tertiary/aromatic N) is 3. The molecule has 5 nitrogen and oxygen atoms in total. The van der Waals surface area contributed by atoms with Gasteiger partial charge in [0.1, 0.15) is 0 Å². The monoisotopic (exact) mass is 338 g/mol. The van der Waals surface area contributed by atoms with E-state index in [9.17, 15) is 4.79 Å². The minimum Gasteiger partial charge on any atom is -0.352 e. The van der Waals surface area contributed by atoms with Gasteiger partial charge in [0.25, 0.3) is 0 Å². The van der Waals surface area contributed by atoms with E-state index < -0.39 is 0 Å². The number of rotatable bonds is 7. The molecular formula is C18H18N4OS. The van der Waals surface area contributed by atoms with Crippen LogP contribution in [0.15, 0.2) is 54.3 Å². The molecule has 0 fully saturated rings. The zero-order chi connectivity index (χ0) is 16.6. The molecule has 3 aromatic rings. The lowest BCUT2D eigenvalue weighted by atomic mass is 10.2. The van der Waals surface area contributed by atoms with Gasteiger partial charge in [0, 0.05) is 42.6 Å². The van der Waals surface area contributed by atoms with Crippen LogP contribution in [0.5, 0.6) is 0 Å². The van der Waals surface area contributed by atoms with E-state index in [1.807, 2.05) is 35.7 Å². The number of pyridine rings is 2. The Labute approximate surface area is 144 Å². The zero-order valence-corrected chi connectivity index (χ0v) is 14.0. The van der Waals surface area contributed by atoms with Crippen molar-refractivity contribution in [3.05, 3.63) is 76.3 Å². The van der Waals surface area contributed by atoms with Crippen LogP contribution in [0.3, 0.4) is 0 Å². The lowest BCUT2D eigenvalue weighted by Gasteiger charge is -2.03. The third-order valence-corrected chi connectivity index (χ3v) is 4.46. The van der Waals surface area contributed by atoms with Gasteiger partial charge in [-0.15, -0.1) is 11.3 Å². The molecule has 3 heterocycles. The first-order valence-electron chi connectivity index (χ1n) is 7.78. The smallest absolute Gasteiger partial charge is 0.226 e. The fraction of sp³-hybridized carbons (Fsp3) is 0.222. The van der Waals surface area contributed by atoms with E-state index in [1.54, 1.807) is 29.9 Å². The molecule has 0 aliphatic carbocycles. The summed E-state index contributed by atoms with van der Waals surface area (Å²) in [5.41, 5.74) is 2.92. The van der Waals surface area contributed by atoms with Gasteiger partial charge in [-0.2, -0.15) is 0 Å². The van der Waals surface area contributed by atoms with Crippen molar-refractivity contribution < 1.29 is 4.79 Å². The summed E-state index contributed by atoms with van der Waals surface area (Å²) in [4.78, 5) is 24.8. The Morgan fingerprint density at radius 1 is 1.04 bits per heavy atom. The number of hydrogen-bond acceptors (Lipinski definition) is 5. The third kappa shape index (κ3) is 4.96. The van der Waals surface area contributed by atoms with Crippen molar-refractivity contribution in [2.24, 2.45) is 0 Å². The molecule has 0 atom stereocenters. The minimum atomic E-state index is -0.0200. The molecule has 3 aromatic heterocycles. The van der Waals surface area contributed by atoms with Crippen LogP contribution in [-0.4, -0.2) is 20.9 Å². The minimum absolute atomic E-state index is 0.0200. The Morgan fingerprint density at radius 3 is 2.71 bits per heavy atom. The highest BCUT2D eigenvalue weighted by Crippen LogP contribution is 2.13. The first-order chi connectivity index (χ1) is 11.8. The summed E-state index contributed by atoms with van der Waals surface area (Å²) in [6.07, 6.45) is 7.26. The van der Waals surface area contributed by atoms with Crippen molar-refractivity contribution in [2.75, 3.05) is 0 Å². The first kappa shape index (κ1) is 16.3. The molecular weight excluding hydrogens is 320 g/mol. The van der Waals surface area contributed by atoms with Crippen molar-refractivity contribution in [2.45, 2.75) is 25.8 Å². The highest BCUT2D eigenvalue weighted by molar-refractivity contribution is 7.09. The summed E-state index contributed by atoms with van der Waals surface area (Å²) in [6.45, 7) is 0.512. The van der Waals surface area contributed by atoms with Gasteiger partial charge in [-0.3, -0.25) is 14.8 Å². The van der Waals surface area contributed by atoms with Crippen molar-refractivity contribution in [3.63, 3.8) is 0 Å². The van der Waals surface area contributed by atoms with Crippen LogP contribution in [0.2, 0.25) is 0 Å². The topological polar surface area (TPSA) is 67.8 Å². The van der Waals surface area contributed by atoms with Gasteiger partial charge in [0.15, 0.2) is 0 Å². The average Bonchev–Trinajstić information content (AvgIpc) is 3.07. The second-order valence-corrected chi connectivity index (χ2v) is 6.31. The van der Waals surface area contributed by atoms with E-state index in [-0.39, 0.29) is 5.91 Å². The maximum atomic E-state index is 12.0. The van der Waals surface area contributed by atoms with Crippen LogP contribution in [0, 0.1) is 0 Å². The van der Waals surface area contributed by atoms with Gasteiger partial charge in [-0.25, -0.2) is 4.98 Å². The normalized spacial score (nSPS) is 10.5. The standard InChI is InChI=1S/C18H18N4OS/c23-17(21-12-14-6-9-19-10-7-14)11-16-13-24-18(22-16)5-4-15-3-1-2-8-20-15/h1-3,6-10,13H,4-5,11-12H2,(H,21,23). The second-order valence-electron chi connectivity index (χ2n) is 5.36.